The fourth-order valence-corrected chi connectivity index (χ4v) is 6.68. The van der Waals surface area contributed by atoms with Gasteiger partial charge in [0.15, 0.2) is 5.12 Å². The standard InChI is InChI=1S/C28H58OS/c1-4-7-10-13-16-17-18-19-22-25-28(29)30(26-23-20-14-11-8-5-2)27-24-21-15-12-9-6-3/h30H,4-27H2,1-3H3. The summed E-state index contributed by atoms with van der Waals surface area (Å²) in [6, 6.07) is 0. The Labute approximate surface area is 194 Å². The van der Waals surface area contributed by atoms with Crippen molar-refractivity contribution in [1.82, 2.24) is 0 Å². The zero-order valence-corrected chi connectivity index (χ0v) is 22.2. The molecule has 30 heavy (non-hydrogen) atoms. The van der Waals surface area contributed by atoms with Gasteiger partial charge in [-0.15, -0.1) is 0 Å². The number of thiol groups is 1. The van der Waals surface area contributed by atoms with E-state index >= 15 is 0 Å². The molecule has 0 saturated carbocycles. The molecule has 0 aromatic heterocycles. The van der Waals surface area contributed by atoms with E-state index in [0.29, 0.717) is 5.12 Å². The molecule has 0 unspecified atom stereocenters. The Bertz CT molecular complexity index is 326. The zero-order valence-electron chi connectivity index (χ0n) is 21.3. The maximum absolute atomic E-state index is 12.9. The van der Waals surface area contributed by atoms with Crippen molar-refractivity contribution in [3.8, 4) is 0 Å². The van der Waals surface area contributed by atoms with E-state index in [2.05, 4.69) is 20.8 Å². The van der Waals surface area contributed by atoms with Gasteiger partial charge in [0, 0.05) is 6.42 Å². The lowest BCUT2D eigenvalue weighted by atomic mass is 10.1. The van der Waals surface area contributed by atoms with Crippen LogP contribution in [0.25, 0.3) is 0 Å². The van der Waals surface area contributed by atoms with Crippen molar-refractivity contribution in [2.75, 3.05) is 11.5 Å². The molecule has 0 aliphatic rings. The van der Waals surface area contributed by atoms with E-state index < -0.39 is 0 Å². The summed E-state index contributed by atoms with van der Waals surface area (Å²) in [6.07, 6.45) is 29.2. The molecule has 1 nitrogen and oxygen atoms in total. The summed E-state index contributed by atoms with van der Waals surface area (Å²) in [7, 11) is -0.344. The predicted molar refractivity (Wildman–Crippen MR) is 142 cm³/mol. The molecule has 2 heteroatoms. The summed E-state index contributed by atoms with van der Waals surface area (Å²) in [4.78, 5) is 12.9. The topological polar surface area (TPSA) is 17.1 Å². The molecule has 0 aliphatic heterocycles. The number of rotatable bonds is 24. The molecule has 0 aromatic carbocycles. The first-order valence-corrected chi connectivity index (χ1v) is 15.7. The van der Waals surface area contributed by atoms with Crippen LogP contribution in [0.3, 0.4) is 0 Å². The predicted octanol–water partition coefficient (Wildman–Crippen LogP) is 10.2. The first kappa shape index (κ1) is 30.0. The Morgan fingerprint density at radius 2 is 0.733 bits per heavy atom. The van der Waals surface area contributed by atoms with Crippen molar-refractivity contribution in [3.63, 3.8) is 0 Å². The van der Waals surface area contributed by atoms with Crippen molar-refractivity contribution in [1.29, 1.82) is 0 Å². The molecule has 0 aliphatic carbocycles. The highest BCUT2D eigenvalue weighted by Crippen LogP contribution is 2.32. The molecule has 0 N–H and O–H groups in total. The van der Waals surface area contributed by atoms with Crippen molar-refractivity contribution < 1.29 is 4.79 Å². The average Bonchev–Trinajstić information content (AvgIpc) is 2.75. The summed E-state index contributed by atoms with van der Waals surface area (Å²) >= 11 is 0. The van der Waals surface area contributed by atoms with Crippen molar-refractivity contribution in [3.05, 3.63) is 0 Å². The summed E-state index contributed by atoms with van der Waals surface area (Å²) in [6.45, 7) is 6.85. The van der Waals surface area contributed by atoms with Crippen LogP contribution in [0, 0.1) is 0 Å². The second-order valence-corrected chi connectivity index (χ2v) is 12.0. The molecule has 0 amide bonds. The lowest BCUT2D eigenvalue weighted by molar-refractivity contribution is -0.111. The van der Waals surface area contributed by atoms with Gasteiger partial charge in [0.25, 0.3) is 0 Å². The molecule has 0 aromatic rings. The van der Waals surface area contributed by atoms with Gasteiger partial charge in [-0.05, 0) is 30.8 Å². The monoisotopic (exact) mass is 442 g/mol. The third-order valence-corrected chi connectivity index (χ3v) is 9.05. The van der Waals surface area contributed by atoms with E-state index in [1.165, 1.54) is 140 Å². The van der Waals surface area contributed by atoms with Crippen molar-refractivity contribution in [2.24, 2.45) is 0 Å². The molecule has 0 saturated heterocycles. The summed E-state index contributed by atoms with van der Waals surface area (Å²) in [5, 5.41) is 0.662. The molecule has 0 heterocycles. The van der Waals surface area contributed by atoms with Crippen LogP contribution in [0.5, 0.6) is 0 Å². The SMILES string of the molecule is CCCCCCCCCCCC(=O)[SH](CCCCCCCC)CCCCCCCC. The Balaban J connectivity index is 3.97. The van der Waals surface area contributed by atoms with Crippen LogP contribution < -0.4 is 0 Å². The van der Waals surface area contributed by atoms with E-state index in [-0.39, 0.29) is 10.9 Å². The van der Waals surface area contributed by atoms with E-state index in [9.17, 15) is 4.79 Å². The minimum absolute atomic E-state index is 0.344. The van der Waals surface area contributed by atoms with Crippen LogP contribution >= 0.6 is 10.9 Å². The van der Waals surface area contributed by atoms with E-state index in [1.54, 1.807) is 0 Å². The minimum Gasteiger partial charge on any atom is -0.289 e. The fraction of sp³-hybridized carbons (Fsp3) is 0.964. The normalized spacial score (nSPS) is 11.8. The van der Waals surface area contributed by atoms with Gasteiger partial charge in [-0.3, -0.25) is 4.79 Å². The zero-order chi connectivity index (χ0) is 22.1. The summed E-state index contributed by atoms with van der Waals surface area (Å²) in [5.74, 6) is 2.46. The highest BCUT2D eigenvalue weighted by atomic mass is 32.2. The first-order chi connectivity index (χ1) is 14.8. The van der Waals surface area contributed by atoms with Crippen LogP contribution in [-0.4, -0.2) is 16.6 Å². The molecule has 182 valence electrons. The smallest absolute Gasteiger partial charge is 0.169 e. The summed E-state index contributed by atoms with van der Waals surface area (Å²) < 4.78 is 0. The lowest BCUT2D eigenvalue weighted by Crippen LogP contribution is -2.07. The lowest BCUT2D eigenvalue weighted by Gasteiger charge is -2.20. The van der Waals surface area contributed by atoms with Crippen LogP contribution in [0.1, 0.15) is 162 Å². The molecular formula is C28H58OS. The largest absolute Gasteiger partial charge is 0.289 e. The number of unbranched alkanes of at least 4 members (excludes halogenated alkanes) is 18. The van der Waals surface area contributed by atoms with Crippen LogP contribution in [0.15, 0.2) is 0 Å². The second-order valence-electron chi connectivity index (χ2n) is 9.49. The molecule has 0 bridgehead atoms. The van der Waals surface area contributed by atoms with E-state index in [4.69, 9.17) is 0 Å². The Hall–Kier alpha value is 0.0200. The van der Waals surface area contributed by atoms with Gasteiger partial charge in [0.2, 0.25) is 0 Å². The van der Waals surface area contributed by atoms with Gasteiger partial charge in [-0.25, -0.2) is 0 Å². The number of carbonyl (C=O) groups is 1. The number of hydrogen-bond donors (Lipinski definition) is 1. The molecule has 0 rings (SSSR count). The van der Waals surface area contributed by atoms with Crippen LogP contribution in [0.4, 0.5) is 0 Å². The maximum Gasteiger partial charge on any atom is 0.169 e. The van der Waals surface area contributed by atoms with Gasteiger partial charge >= 0.3 is 0 Å². The third-order valence-electron chi connectivity index (χ3n) is 6.41. The Morgan fingerprint density at radius 1 is 0.433 bits per heavy atom. The quantitative estimate of drug-likeness (QED) is 0.116. The van der Waals surface area contributed by atoms with Gasteiger partial charge in [-0.2, -0.15) is 10.9 Å². The number of carbonyl (C=O) groups excluding carboxylic acids is 1. The van der Waals surface area contributed by atoms with Crippen LogP contribution in [-0.2, 0) is 4.79 Å². The van der Waals surface area contributed by atoms with Gasteiger partial charge < -0.3 is 0 Å². The van der Waals surface area contributed by atoms with Crippen LogP contribution in [0.2, 0.25) is 0 Å². The minimum atomic E-state index is -0.344. The molecule has 0 atom stereocenters. The second kappa shape index (κ2) is 25.3. The molecule has 0 fully saturated rings. The van der Waals surface area contributed by atoms with E-state index in [1.807, 2.05) is 0 Å². The molecular weight excluding hydrogens is 384 g/mol. The highest BCUT2D eigenvalue weighted by Gasteiger charge is 2.13. The maximum atomic E-state index is 12.9. The Kier molecular flexibility index (Phi) is 25.3. The Morgan fingerprint density at radius 3 is 1.10 bits per heavy atom. The fourth-order valence-electron chi connectivity index (χ4n) is 4.27. The highest BCUT2D eigenvalue weighted by molar-refractivity contribution is 8.29. The third kappa shape index (κ3) is 21.3. The molecule has 0 radical (unpaired) electrons. The van der Waals surface area contributed by atoms with Gasteiger partial charge in [-0.1, -0.05) is 136 Å². The number of hydrogen-bond acceptors (Lipinski definition) is 1. The summed E-state index contributed by atoms with van der Waals surface area (Å²) in [5.41, 5.74) is 0. The average molecular weight is 443 g/mol. The van der Waals surface area contributed by atoms with E-state index in [0.717, 1.165) is 12.8 Å². The van der Waals surface area contributed by atoms with Crippen molar-refractivity contribution in [2.45, 2.75) is 162 Å². The molecule has 0 spiro atoms. The van der Waals surface area contributed by atoms with Crippen molar-refractivity contribution >= 4 is 16.0 Å². The van der Waals surface area contributed by atoms with Gasteiger partial charge in [0.05, 0.1) is 0 Å². The van der Waals surface area contributed by atoms with Gasteiger partial charge in [0.1, 0.15) is 0 Å². The first-order valence-electron chi connectivity index (χ1n) is 14.0.